The van der Waals surface area contributed by atoms with Crippen LogP contribution in [0.3, 0.4) is 0 Å². The lowest BCUT2D eigenvalue weighted by Crippen LogP contribution is -2.32. The van der Waals surface area contributed by atoms with Crippen LogP contribution in [0.1, 0.15) is 69.0 Å². The van der Waals surface area contributed by atoms with Crippen LogP contribution in [0.25, 0.3) is 0 Å². The lowest BCUT2D eigenvalue weighted by molar-refractivity contribution is -0.148. The zero-order valence-electron chi connectivity index (χ0n) is 22.4. The van der Waals surface area contributed by atoms with E-state index >= 15 is 0 Å². The summed E-state index contributed by atoms with van der Waals surface area (Å²) in [5, 5.41) is 12.2. The molecule has 3 aromatic rings. The minimum absolute atomic E-state index is 0.0716. The predicted molar refractivity (Wildman–Crippen MR) is 153 cm³/mol. The summed E-state index contributed by atoms with van der Waals surface area (Å²) in [6, 6.07) is 17.9. The van der Waals surface area contributed by atoms with Gasteiger partial charge in [-0.1, -0.05) is 29.8 Å². The molecule has 0 aliphatic carbocycles. The molecule has 0 saturated carbocycles. The van der Waals surface area contributed by atoms with Crippen molar-refractivity contribution in [3.63, 3.8) is 0 Å². The number of aryl methyl sites for hydroxylation is 2. The van der Waals surface area contributed by atoms with Gasteiger partial charge in [0.2, 0.25) is 0 Å². The average molecular weight is 563 g/mol. The van der Waals surface area contributed by atoms with Gasteiger partial charge in [0.15, 0.2) is 0 Å². The van der Waals surface area contributed by atoms with E-state index in [1.54, 1.807) is 47.4 Å². The number of ether oxygens (including phenoxy) is 1. The van der Waals surface area contributed by atoms with Crippen molar-refractivity contribution in [2.24, 2.45) is 0 Å². The second-order valence-electron chi connectivity index (χ2n) is 9.87. The van der Waals surface area contributed by atoms with Crippen LogP contribution in [-0.2, 0) is 14.3 Å². The van der Waals surface area contributed by atoms with Crippen LogP contribution in [0.15, 0.2) is 60.7 Å². The maximum absolute atomic E-state index is 13.8. The van der Waals surface area contributed by atoms with Crippen LogP contribution < -0.4 is 10.2 Å². The number of halogens is 1. The number of rotatable bonds is 8. The van der Waals surface area contributed by atoms with E-state index in [4.69, 9.17) is 21.4 Å². The van der Waals surface area contributed by atoms with E-state index in [1.807, 2.05) is 32.0 Å². The molecule has 9 heteroatoms. The zero-order valence-corrected chi connectivity index (χ0v) is 23.2. The standard InChI is InChI=1S/C31H31ClN2O6/c1-19-6-3-4-8-24(19)30(38)33-23-10-11-25(20(2)16-23)31(39)34-15-5-7-21(18-40-29(37)14-13-28(35)36)26-17-22(32)9-12-27(26)34/h3-4,6,8-12,16-17,21H,5,7,13-15,18H2,1-2H3,(H,33,38)(H,35,36). The van der Waals surface area contributed by atoms with Crippen LogP contribution >= 0.6 is 11.6 Å². The van der Waals surface area contributed by atoms with Crippen LogP contribution in [0.4, 0.5) is 11.4 Å². The van der Waals surface area contributed by atoms with Gasteiger partial charge in [0, 0.05) is 40.0 Å². The largest absolute Gasteiger partial charge is 0.481 e. The Morgan fingerprint density at radius 3 is 2.48 bits per heavy atom. The van der Waals surface area contributed by atoms with Crippen molar-refractivity contribution in [2.45, 2.75) is 45.4 Å². The molecule has 3 aromatic carbocycles. The minimum atomic E-state index is -1.06. The topological polar surface area (TPSA) is 113 Å². The number of esters is 1. The summed E-state index contributed by atoms with van der Waals surface area (Å²) in [4.78, 5) is 51.1. The molecule has 208 valence electrons. The van der Waals surface area contributed by atoms with Gasteiger partial charge in [-0.25, -0.2) is 0 Å². The minimum Gasteiger partial charge on any atom is -0.481 e. The SMILES string of the molecule is Cc1ccccc1C(=O)Nc1ccc(C(=O)N2CCCC(COC(=O)CCC(=O)O)c3cc(Cl)ccc32)c(C)c1. The van der Waals surface area contributed by atoms with E-state index < -0.39 is 11.9 Å². The first-order valence-corrected chi connectivity index (χ1v) is 13.5. The van der Waals surface area contributed by atoms with Crippen molar-refractivity contribution in [2.75, 3.05) is 23.4 Å². The smallest absolute Gasteiger partial charge is 0.306 e. The molecule has 1 aliphatic rings. The van der Waals surface area contributed by atoms with E-state index in [2.05, 4.69) is 5.32 Å². The molecule has 2 N–H and O–H groups in total. The third kappa shape index (κ3) is 6.87. The summed E-state index contributed by atoms with van der Waals surface area (Å²) >= 11 is 6.31. The van der Waals surface area contributed by atoms with Crippen molar-refractivity contribution in [1.82, 2.24) is 0 Å². The number of carbonyl (C=O) groups is 4. The number of carboxylic acid groups (broad SMARTS) is 1. The molecule has 0 saturated heterocycles. The molecule has 1 unspecified atom stereocenters. The van der Waals surface area contributed by atoms with Crippen molar-refractivity contribution >= 4 is 46.7 Å². The van der Waals surface area contributed by atoms with E-state index in [1.165, 1.54) is 0 Å². The number of anilines is 2. The normalized spacial score (nSPS) is 14.6. The van der Waals surface area contributed by atoms with Gasteiger partial charge in [-0.05, 0) is 85.8 Å². The average Bonchev–Trinajstić information content (AvgIpc) is 3.09. The van der Waals surface area contributed by atoms with Gasteiger partial charge in [0.05, 0.1) is 19.4 Å². The highest BCUT2D eigenvalue weighted by molar-refractivity contribution is 6.30. The lowest BCUT2D eigenvalue weighted by Gasteiger charge is -2.25. The first-order chi connectivity index (χ1) is 19.1. The number of nitrogens with one attached hydrogen (secondary N) is 1. The Balaban J connectivity index is 1.53. The quantitative estimate of drug-likeness (QED) is 0.319. The van der Waals surface area contributed by atoms with Gasteiger partial charge < -0.3 is 20.1 Å². The highest BCUT2D eigenvalue weighted by Gasteiger charge is 2.29. The van der Waals surface area contributed by atoms with E-state index in [0.29, 0.717) is 46.9 Å². The number of aliphatic carboxylic acids is 1. The molecule has 0 bridgehead atoms. The highest BCUT2D eigenvalue weighted by atomic mass is 35.5. The van der Waals surface area contributed by atoms with Gasteiger partial charge in [0.1, 0.15) is 0 Å². The maximum atomic E-state index is 13.8. The van der Waals surface area contributed by atoms with Gasteiger partial charge in [0.25, 0.3) is 11.8 Å². The zero-order chi connectivity index (χ0) is 28.8. The molecule has 1 atom stereocenters. The summed E-state index contributed by atoms with van der Waals surface area (Å²) in [6.07, 6.45) is 0.836. The molecular weight excluding hydrogens is 532 g/mol. The third-order valence-electron chi connectivity index (χ3n) is 6.99. The van der Waals surface area contributed by atoms with E-state index in [-0.39, 0.29) is 37.2 Å². The lowest BCUT2D eigenvalue weighted by atomic mass is 9.94. The molecule has 0 radical (unpaired) electrons. The second-order valence-corrected chi connectivity index (χ2v) is 10.3. The fourth-order valence-corrected chi connectivity index (χ4v) is 5.06. The first-order valence-electron chi connectivity index (χ1n) is 13.1. The maximum Gasteiger partial charge on any atom is 0.306 e. The molecule has 0 aromatic heterocycles. The summed E-state index contributed by atoms with van der Waals surface area (Å²) in [5.41, 5.74) is 4.76. The van der Waals surface area contributed by atoms with E-state index in [0.717, 1.165) is 16.7 Å². The molecule has 0 fully saturated rings. The Bertz CT molecular complexity index is 1450. The monoisotopic (exact) mass is 562 g/mol. The number of nitrogens with zero attached hydrogens (tertiary/aromatic N) is 1. The number of amides is 2. The summed E-state index contributed by atoms with van der Waals surface area (Å²) < 4.78 is 5.38. The van der Waals surface area contributed by atoms with Crippen LogP contribution in [0, 0.1) is 13.8 Å². The van der Waals surface area contributed by atoms with Crippen LogP contribution in [-0.4, -0.2) is 42.0 Å². The Labute approximate surface area is 237 Å². The van der Waals surface area contributed by atoms with Crippen LogP contribution in [0.5, 0.6) is 0 Å². The van der Waals surface area contributed by atoms with Crippen molar-refractivity contribution in [3.05, 3.63) is 93.5 Å². The number of carboxylic acids is 1. The predicted octanol–water partition coefficient (Wildman–Crippen LogP) is 6.14. The summed E-state index contributed by atoms with van der Waals surface area (Å²) in [6.45, 7) is 4.24. The number of hydrogen-bond donors (Lipinski definition) is 2. The molecule has 40 heavy (non-hydrogen) atoms. The molecule has 1 heterocycles. The van der Waals surface area contributed by atoms with Gasteiger partial charge in [-0.3, -0.25) is 19.2 Å². The molecule has 1 aliphatic heterocycles. The number of hydrogen-bond acceptors (Lipinski definition) is 5. The Kier molecular flexibility index (Phi) is 9.22. The molecular formula is C31H31ClN2O6. The first kappa shape index (κ1) is 28.8. The summed E-state index contributed by atoms with van der Waals surface area (Å²) in [7, 11) is 0. The fraction of sp³-hybridized carbons (Fsp3) is 0.290. The Morgan fingerprint density at radius 2 is 1.75 bits per heavy atom. The van der Waals surface area contributed by atoms with E-state index in [9.17, 15) is 19.2 Å². The Morgan fingerprint density at radius 1 is 0.975 bits per heavy atom. The molecule has 0 spiro atoms. The third-order valence-corrected chi connectivity index (χ3v) is 7.23. The van der Waals surface area contributed by atoms with Gasteiger partial charge >= 0.3 is 11.9 Å². The van der Waals surface area contributed by atoms with Crippen molar-refractivity contribution < 1.29 is 29.0 Å². The highest BCUT2D eigenvalue weighted by Crippen LogP contribution is 2.37. The number of carbonyl (C=O) groups excluding carboxylic acids is 3. The van der Waals surface area contributed by atoms with Gasteiger partial charge in [-0.15, -0.1) is 0 Å². The van der Waals surface area contributed by atoms with Crippen molar-refractivity contribution in [3.8, 4) is 0 Å². The number of fused-ring (bicyclic) bond motifs is 1. The molecule has 8 nitrogen and oxygen atoms in total. The van der Waals surface area contributed by atoms with Crippen LogP contribution in [0.2, 0.25) is 5.02 Å². The summed E-state index contributed by atoms with van der Waals surface area (Å²) in [5.74, 6) is -2.23. The molecule has 4 rings (SSSR count). The Hall–Kier alpha value is -4.17. The second kappa shape index (κ2) is 12.8. The molecule has 2 amide bonds. The van der Waals surface area contributed by atoms with Gasteiger partial charge in [-0.2, -0.15) is 0 Å². The van der Waals surface area contributed by atoms with Crippen molar-refractivity contribution in [1.29, 1.82) is 0 Å². The fourth-order valence-electron chi connectivity index (χ4n) is 4.88. The number of benzene rings is 3.